The highest BCUT2D eigenvalue weighted by molar-refractivity contribution is 5.39. The lowest BCUT2D eigenvalue weighted by atomic mass is 10.1. The van der Waals surface area contributed by atoms with Crippen molar-refractivity contribution in [2.24, 2.45) is 0 Å². The maximum atomic E-state index is 5.93. The lowest BCUT2D eigenvalue weighted by Crippen LogP contribution is -2.38. The van der Waals surface area contributed by atoms with Crippen molar-refractivity contribution in [2.75, 3.05) is 13.1 Å². The number of piperidine rings is 1. The van der Waals surface area contributed by atoms with Crippen LogP contribution in [0.4, 0.5) is 0 Å². The van der Waals surface area contributed by atoms with Crippen molar-refractivity contribution >= 4 is 5.65 Å². The Morgan fingerprint density at radius 1 is 1.16 bits per heavy atom. The van der Waals surface area contributed by atoms with Gasteiger partial charge < -0.3 is 9.14 Å². The molecule has 25 heavy (non-hydrogen) atoms. The van der Waals surface area contributed by atoms with E-state index in [0.717, 1.165) is 55.8 Å². The number of nitrogens with zero attached hydrogens (tertiary/aromatic N) is 5. The minimum atomic E-state index is 0.199. The second-order valence-corrected chi connectivity index (χ2v) is 6.52. The maximum absolute atomic E-state index is 5.93. The van der Waals surface area contributed by atoms with Crippen LogP contribution in [0, 0.1) is 0 Å². The predicted octanol–water partition coefficient (Wildman–Crippen LogP) is 2.73. The lowest BCUT2D eigenvalue weighted by Gasteiger charge is -2.31. The third-order valence-corrected chi connectivity index (χ3v) is 4.70. The number of hydrogen-bond acceptors (Lipinski definition) is 5. The van der Waals surface area contributed by atoms with Crippen LogP contribution in [0.1, 0.15) is 31.0 Å². The molecule has 6 heteroatoms. The summed E-state index contributed by atoms with van der Waals surface area (Å²) in [4.78, 5) is 15.7. The monoisotopic (exact) mass is 337 g/mol. The molecule has 3 aromatic rings. The summed E-state index contributed by atoms with van der Waals surface area (Å²) in [6.45, 7) is 4.99. The van der Waals surface area contributed by atoms with Crippen molar-refractivity contribution in [1.29, 1.82) is 0 Å². The van der Waals surface area contributed by atoms with Crippen molar-refractivity contribution in [3.8, 4) is 6.01 Å². The zero-order valence-electron chi connectivity index (χ0n) is 14.5. The van der Waals surface area contributed by atoms with Gasteiger partial charge in [-0.15, -0.1) is 0 Å². The van der Waals surface area contributed by atoms with Crippen LogP contribution in [0.2, 0.25) is 0 Å². The van der Waals surface area contributed by atoms with Gasteiger partial charge in [0, 0.05) is 44.4 Å². The summed E-state index contributed by atoms with van der Waals surface area (Å²) in [6, 6.07) is 6.57. The molecule has 1 saturated heterocycles. The highest BCUT2D eigenvalue weighted by Gasteiger charge is 2.22. The van der Waals surface area contributed by atoms with E-state index in [-0.39, 0.29) is 6.10 Å². The molecule has 130 valence electrons. The second kappa shape index (κ2) is 7.19. The van der Waals surface area contributed by atoms with Gasteiger partial charge in [0.2, 0.25) is 0 Å². The Balaban J connectivity index is 1.30. The van der Waals surface area contributed by atoms with Gasteiger partial charge in [-0.3, -0.25) is 4.90 Å². The molecule has 0 amide bonds. The normalized spacial score (nSPS) is 16.4. The van der Waals surface area contributed by atoms with E-state index in [9.17, 15) is 0 Å². The van der Waals surface area contributed by atoms with Gasteiger partial charge in [-0.2, -0.15) is 0 Å². The first-order valence-electron chi connectivity index (χ1n) is 8.92. The van der Waals surface area contributed by atoms with Crippen molar-refractivity contribution in [3.05, 3.63) is 54.2 Å². The molecule has 3 aromatic heterocycles. The van der Waals surface area contributed by atoms with E-state index in [1.807, 2.05) is 36.8 Å². The van der Waals surface area contributed by atoms with Crippen molar-refractivity contribution in [1.82, 2.24) is 24.3 Å². The number of hydrogen-bond donors (Lipinski definition) is 0. The summed E-state index contributed by atoms with van der Waals surface area (Å²) >= 11 is 0. The zero-order valence-corrected chi connectivity index (χ0v) is 14.5. The van der Waals surface area contributed by atoms with Gasteiger partial charge in [0.05, 0.1) is 5.69 Å². The molecular formula is C19H23N5O. The third-order valence-electron chi connectivity index (χ3n) is 4.70. The Hall–Kier alpha value is -2.47. The summed E-state index contributed by atoms with van der Waals surface area (Å²) < 4.78 is 8.00. The minimum Gasteiger partial charge on any atom is -0.460 e. The average molecular weight is 337 g/mol. The highest BCUT2D eigenvalue weighted by Crippen LogP contribution is 2.18. The highest BCUT2D eigenvalue weighted by atomic mass is 16.5. The van der Waals surface area contributed by atoms with Gasteiger partial charge >= 0.3 is 6.01 Å². The minimum absolute atomic E-state index is 0.199. The largest absolute Gasteiger partial charge is 0.460 e. The Kier molecular flexibility index (Phi) is 4.61. The summed E-state index contributed by atoms with van der Waals surface area (Å²) in [5.74, 6) is 0. The summed E-state index contributed by atoms with van der Waals surface area (Å²) in [5.41, 5.74) is 3.25. The average Bonchev–Trinajstić information content (AvgIpc) is 3.06. The maximum Gasteiger partial charge on any atom is 0.316 e. The van der Waals surface area contributed by atoms with Crippen LogP contribution in [-0.2, 0) is 13.0 Å². The van der Waals surface area contributed by atoms with Crippen LogP contribution in [-0.4, -0.2) is 43.4 Å². The number of aromatic nitrogens is 4. The van der Waals surface area contributed by atoms with Gasteiger partial charge in [-0.25, -0.2) is 15.0 Å². The third kappa shape index (κ3) is 3.79. The Morgan fingerprint density at radius 2 is 1.96 bits per heavy atom. The summed E-state index contributed by atoms with van der Waals surface area (Å²) in [5, 5.41) is 0. The Labute approximate surface area is 147 Å². The van der Waals surface area contributed by atoms with Crippen molar-refractivity contribution in [3.63, 3.8) is 0 Å². The van der Waals surface area contributed by atoms with Gasteiger partial charge in [0.15, 0.2) is 0 Å². The van der Waals surface area contributed by atoms with E-state index in [1.165, 1.54) is 0 Å². The van der Waals surface area contributed by atoms with E-state index in [0.29, 0.717) is 6.01 Å². The van der Waals surface area contributed by atoms with Crippen LogP contribution >= 0.6 is 0 Å². The van der Waals surface area contributed by atoms with Crippen molar-refractivity contribution < 1.29 is 4.74 Å². The fourth-order valence-electron chi connectivity index (χ4n) is 3.21. The number of imidazole rings is 1. The Bertz CT molecular complexity index is 788. The van der Waals surface area contributed by atoms with Crippen LogP contribution in [0.15, 0.2) is 43.0 Å². The number of pyridine rings is 1. The smallest absolute Gasteiger partial charge is 0.316 e. The first kappa shape index (κ1) is 16.0. The van der Waals surface area contributed by atoms with E-state index < -0.39 is 0 Å². The van der Waals surface area contributed by atoms with Crippen LogP contribution in [0.5, 0.6) is 6.01 Å². The fourth-order valence-corrected chi connectivity index (χ4v) is 3.21. The number of likely N-dealkylation sites (tertiary alicyclic amines) is 1. The Morgan fingerprint density at radius 3 is 2.68 bits per heavy atom. The van der Waals surface area contributed by atoms with E-state index in [1.54, 1.807) is 0 Å². The number of rotatable bonds is 5. The van der Waals surface area contributed by atoms with Crippen LogP contribution in [0.3, 0.4) is 0 Å². The standard InChI is InChI=1S/C19H23N5O/c1-2-15-11-20-19(21-12-15)25-17-6-9-23(10-7-17)13-16-14-24-8-4-3-5-18(24)22-16/h3-5,8,11-12,14,17H,2,6-7,9-10,13H2,1H3. The topological polar surface area (TPSA) is 55.5 Å². The summed E-state index contributed by atoms with van der Waals surface area (Å²) in [6.07, 6.45) is 11.0. The molecule has 0 bridgehead atoms. The molecule has 0 unspecified atom stereocenters. The molecule has 0 N–H and O–H groups in total. The van der Waals surface area contributed by atoms with Gasteiger partial charge in [0.25, 0.3) is 0 Å². The first-order valence-corrected chi connectivity index (χ1v) is 8.92. The zero-order chi connectivity index (χ0) is 17.1. The number of ether oxygens (including phenoxy) is 1. The quantitative estimate of drug-likeness (QED) is 0.716. The van der Waals surface area contributed by atoms with Crippen molar-refractivity contribution in [2.45, 2.75) is 38.8 Å². The lowest BCUT2D eigenvalue weighted by molar-refractivity contribution is 0.0886. The van der Waals surface area contributed by atoms with Gasteiger partial charge in [-0.1, -0.05) is 13.0 Å². The second-order valence-electron chi connectivity index (χ2n) is 6.52. The molecule has 4 heterocycles. The van der Waals surface area contributed by atoms with E-state index >= 15 is 0 Å². The fraction of sp³-hybridized carbons (Fsp3) is 0.421. The first-order chi connectivity index (χ1) is 12.3. The molecule has 0 aromatic carbocycles. The molecule has 1 fully saturated rings. The molecule has 1 aliphatic heterocycles. The molecule has 1 aliphatic rings. The van der Waals surface area contributed by atoms with Gasteiger partial charge in [0.1, 0.15) is 11.8 Å². The molecule has 4 rings (SSSR count). The van der Waals surface area contributed by atoms with Crippen LogP contribution < -0.4 is 4.74 Å². The predicted molar refractivity (Wildman–Crippen MR) is 95.5 cm³/mol. The van der Waals surface area contributed by atoms with E-state index in [4.69, 9.17) is 4.74 Å². The molecular weight excluding hydrogens is 314 g/mol. The SMILES string of the molecule is CCc1cnc(OC2CCN(Cc3cn4ccccc4n3)CC2)nc1. The molecule has 0 atom stereocenters. The molecule has 0 spiro atoms. The molecule has 0 radical (unpaired) electrons. The van der Waals surface area contributed by atoms with Crippen LogP contribution in [0.25, 0.3) is 5.65 Å². The van der Waals surface area contributed by atoms with Gasteiger partial charge in [-0.05, 0) is 37.0 Å². The van der Waals surface area contributed by atoms with E-state index in [2.05, 4.69) is 37.4 Å². The number of fused-ring (bicyclic) bond motifs is 1. The molecule has 6 nitrogen and oxygen atoms in total. The summed E-state index contributed by atoms with van der Waals surface area (Å²) in [7, 11) is 0. The molecule has 0 saturated carbocycles. The molecule has 0 aliphatic carbocycles. The number of aryl methyl sites for hydroxylation is 1.